The van der Waals surface area contributed by atoms with E-state index in [1.54, 1.807) is 0 Å². The Morgan fingerprint density at radius 2 is 2.04 bits per heavy atom. The zero-order valence-electron chi connectivity index (χ0n) is 11.2. The maximum atomic E-state index is 12.1. The van der Waals surface area contributed by atoms with Gasteiger partial charge in [-0.1, -0.05) is 11.3 Å². The molecule has 0 radical (unpaired) electrons. The number of nitro groups is 2. The molecule has 0 saturated carbocycles. The number of amides is 1. The van der Waals surface area contributed by atoms with Gasteiger partial charge in [-0.15, -0.1) is 22.0 Å². The molecule has 10 nitrogen and oxygen atoms in total. The van der Waals surface area contributed by atoms with E-state index in [1.165, 1.54) is 34.3 Å². The van der Waals surface area contributed by atoms with Crippen molar-refractivity contribution < 1.29 is 14.6 Å². The van der Waals surface area contributed by atoms with Crippen LogP contribution in [0.3, 0.4) is 0 Å². The van der Waals surface area contributed by atoms with Gasteiger partial charge in [0.15, 0.2) is 0 Å². The number of hydrogen-bond acceptors (Lipinski definition) is 9. The van der Waals surface area contributed by atoms with Crippen molar-refractivity contribution in [2.45, 2.75) is 5.37 Å². The minimum absolute atomic E-state index is 0.137. The van der Waals surface area contributed by atoms with E-state index in [-0.39, 0.29) is 22.9 Å². The topological polar surface area (TPSA) is 132 Å². The summed E-state index contributed by atoms with van der Waals surface area (Å²) in [6, 6.07) is 3.39. The maximum absolute atomic E-state index is 12.1. The number of thioether (sulfide) groups is 1. The first-order valence-electron chi connectivity index (χ1n) is 6.11. The zero-order valence-corrected chi connectivity index (χ0v) is 12.8. The molecule has 118 valence electrons. The molecule has 0 spiro atoms. The Kier molecular flexibility index (Phi) is 3.92. The minimum atomic E-state index is -0.702. The molecule has 1 saturated heterocycles. The molecule has 1 aliphatic rings. The molecule has 1 unspecified atom stereocenters. The standard InChI is InChI=1S/C11H7N5O5S2/c17-9-4-22-10(14(9)11-13-12-5-23-11)7-2-1-6(15(18)19)3-8(7)16(20)21/h1-3,5,10H,4H2. The molecule has 1 aromatic heterocycles. The molecule has 3 rings (SSSR count). The summed E-state index contributed by atoms with van der Waals surface area (Å²) in [6.07, 6.45) is 0. The van der Waals surface area contributed by atoms with Crippen LogP contribution in [0.1, 0.15) is 10.9 Å². The van der Waals surface area contributed by atoms with Gasteiger partial charge in [0.1, 0.15) is 10.9 Å². The highest BCUT2D eigenvalue weighted by atomic mass is 32.2. The number of hydrogen-bond donors (Lipinski definition) is 0. The highest BCUT2D eigenvalue weighted by Crippen LogP contribution is 2.45. The second-order valence-corrected chi connectivity index (χ2v) is 6.29. The molecular weight excluding hydrogens is 346 g/mol. The molecule has 1 amide bonds. The number of nitro benzene ring substituents is 2. The monoisotopic (exact) mass is 353 g/mol. The third-order valence-electron chi connectivity index (χ3n) is 3.11. The van der Waals surface area contributed by atoms with E-state index in [9.17, 15) is 25.0 Å². The van der Waals surface area contributed by atoms with Crippen LogP contribution < -0.4 is 4.90 Å². The fourth-order valence-corrected chi connectivity index (χ4v) is 4.00. The predicted molar refractivity (Wildman–Crippen MR) is 82.3 cm³/mol. The van der Waals surface area contributed by atoms with E-state index in [4.69, 9.17) is 0 Å². The third-order valence-corrected chi connectivity index (χ3v) is 4.99. The summed E-state index contributed by atoms with van der Waals surface area (Å²) >= 11 is 2.33. The highest BCUT2D eigenvalue weighted by Gasteiger charge is 2.39. The van der Waals surface area contributed by atoms with Crippen LogP contribution in [0.15, 0.2) is 23.7 Å². The van der Waals surface area contributed by atoms with Crippen molar-refractivity contribution in [3.63, 3.8) is 0 Å². The second kappa shape index (κ2) is 5.89. The Morgan fingerprint density at radius 1 is 1.26 bits per heavy atom. The van der Waals surface area contributed by atoms with E-state index in [0.717, 1.165) is 17.4 Å². The summed E-state index contributed by atoms with van der Waals surface area (Å²) in [5.41, 5.74) is 0.886. The van der Waals surface area contributed by atoms with Crippen LogP contribution in [0, 0.1) is 20.2 Å². The highest BCUT2D eigenvalue weighted by molar-refractivity contribution is 8.00. The SMILES string of the molecule is O=C1CSC(c2ccc([N+](=O)[O-])cc2[N+](=O)[O-])N1c1nncs1. The minimum Gasteiger partial charge on any atom is -0.273 e. The molecule has 2 aromatic rings. The first kappa shape index (κ1) is 15.3. The Balaban J connectivity index is 2.08. The van der Waals surface area contributed by atoms with Gasteiger partial charge in [0, 0.05) is 6.07 Å². The summed E-state index contributed by atoms with van der Waals surface area (Å²) in [6.45, 7) is 0. The van der Waals surface area contributed by atoms with Crippen molar-refractivity contribution in [1.82, 2.24) is 10.2 Å². The lowest BCUT2D eigenvalue weighted by molar-refractivity contribution is -0.394. The molecule has 12 heteroatoms. The normalized spacial score (nSPS) is 17.5. The van der Waals surface area contributed by atoms with Gasteiger partial charge in [-0.05, 0) is 6.07 Å². The molecule has 0 N–H and O–H groups in total. The van der Waals surface area contributed by atoms with Crippen molar-refractivity contribution in [1.29, 1.82) is 0 Å². The van der Waals surface area contributed by atoms with Crippen molar-refractivity contribution in [2.75, 3.05) is 10.7 Å². The van der Waals surface area contributed by atoms with Crippen LogP contribution in [0.4, 0.5) is 16.5 Å². The van der Waals surface area contributed by atoms with Gasteiger partial charge < -0.3 is 0 Å². The number of carbonyl (C=O) groups excluding carboxylic acids is 1. The van der Waals surface area contributed by atoms with Crippen molar-refractivity contribution in [3.8, 4) is 0 Å². The van der Waals surface area contributed by atoms with Gasteiger partial charge in [-0.2, -0.15) is 0 Å². The number of aromatic nitrogens is 2. The molecule has 1 aromatic carbocycles. The summed E-state index contributed by atoms with van der Waals surface area (Å²) in [4.78, 5) is 34.1. The molecule has 0 aliphatic carbocycles. The Labute approximate surface area is 136 Å². The van der Waals surface area contributed by atoms with Gasteiger partial charge in [0.25, 0.3) is 11.4 Å². The average molecular weight is 353 g/mol. The number of anilines is 1. The van der Waals surface area contributed by atoms with E-state index >= 15 is 0 Å². The van der Waals surface area contributed by atoms with Crippen LogP contribution in [-0.2, 0) is 4.79 Å². The summed E-state index contributed by atoms with van der Waals surface area (Å²) in [5, 5.41) is 29.2. The molecular formula is C11H7N5O5S2. The van der Waals surface area contributed by atoms with E-state index < -0.39 is 20.9 Å². The van der Waals surface area contributed by atoms with Crippen LogP contribution in [0.5, 0.6) is 0 Å². The lowest BCUT2D eigenvalue weighted by Crippen LogP contribution is -2.28. The lowest BCUT2D eigenvalue weighted by Gasteiger charge is -2.20. The summed E-state index contributed by atoms with van der Waals surface area (Å²) in [7, 11) is 0. The second-order valence-electron chi connectivity index (χ2n) is 4.41. The van der Waals surface area contributed by atoms with Crippen LogP contribution in [0.2, 0.25) is 0 Å². The Bertz CT molecular complexity index is 796. The van der Waals surface area contributed by atoms with Crippen molar-refractivity contribution in [2.24, 2.45) is 0 Å². The lowest BCUT2D eigenvalue weighted by atomic mass is 10.1. The van der Waals surface area contributed by atoms with Crippen LogP contribution in [-0.4, -0.2) is 31.7 Å². The first-order chi connectivity index (χ1) is 11.0. The van der Waals surface area contributed by atoms with Gasteiger partial charge in [0.2, 0.25) is 11.0 Å². The zero-order chi connectivity index (χ0) is 16.6. The Hall–Kier alpha value is -2.60. The first-order valence-corrected chi connectivity index (χ1v) is 8.04. The fraction of sp³-hybridized carbons (Fsp3) is 0.182. The van der Waals surface area contributed by atoms with Gasteiger partial charge in [-0.25, -0.2) is 0 Å². The maximum Gasteiger partial charge on any atom is 0.282 e. The number of non-ortho nitro benzene ring substituents is 1. The molecule has 23 heavy (non-hydrogen) atoms. The van der Waals surface area contributed by atoms with Gasteiger partial charge in [-0.3, -0.25) is 29.9 Å². The van der Waals surface area contributed by atoms with Gasteiger partial charge in [0.05, 0.1) is 27.2 Å². The molecule has 0 bridgehead atoms. The van der Waals surface area contributed by atoms with E-state index in [0.29, 0.717) is 5.13 Å². The third kappa shape index (κ3) is 2.73. The fourth-order valence-electron chi connectivity index (χ4n) is 2.15. The summed E-state index contributed by atoms with van der Waals surface area (Å²) < 4.78 is 0. The number of carbonyl (C=O) groups is 1. The van der Waals surface area contributed by atoms with Crippen molar-refractivity contribution in [3.05, 3.63) is 49.5 Å². The molecule has 2 heterocycles. The predicted octanol–water partition coefficient (Wildman–Crippen LogP) is 2.13. The summed E-state index contributed by atoms with van der Waals surface area (Å²) in [5.74, 6) is -0.109. The number of rotatable bonds is 4. The van der Waals surface area contributed by atoms with Crippen LogP contribution >= 0.6 is 23.1 Å². The van der Waals surface area contributed by atoms with Crippen LogP contribution in [0.25, 0.3) is 0 Å². The molecule has 1 fully saturated rings. The smallest absolute Gasteiger partial charge is 0.273 e. The van der Waals surface area contributed by atoms with Crippen molar-refractivity contribution >= 4 is 45.5 Å². The number of benzene rings is 1. The average Bonchev–Trinajstić information content (AvgIpc) is 3.15. The molecule has 1 atom stereocenters. The molecule has 1 aliphatic heterocycles. The van der Waals surface area contributed by atoms with E-state index in [1.807, 2.05) is 0 Å². The largest absolute Gasteiger partial charge is 0.282 e. The van der Waals surface area contributed by atoms with E-state index in [2.05, 4.69) is 10.2 Å². The Morgan fingerprint density at radius 3 is 2.65 bits per heavy atom. The number of nitrogens with zero attached hydrogens (tertiary/aromatic N) is 5. The quantitative estimate of drug-likeness (QED) is 0.603. The van der Waals surface area contributed by atoms with Gasteiger partial charge >= 0.3 is 0 Å².